The third-order valence-corrected chi connectivity index (χ3v) is 3.36. The maximum absolute atomic E-state index is 11.7. The monoisotopic (exact) mass is 241 g/mol. The molecule has 2 rings (SSSR count). The van der Waals surface area contributed by atoms with Gasteiger partial charge in [-0.15, -0.1) is 11.6 Å². The van der Waals surface area contributed by atoms with Crippen molar-refractivity contribution >= 4 is 17.5 Å². The normalized spacial score (nSPS) is 24.6. The molecule has 0 radical (unpaired) electrons. The number of carbonyl (C=O) groups excluding carboxylic acids is 1. The standard InChI is InChI=1S/C11H16ClN3O/c1-15-6-10(14-7-15)11(16)13-5-8-2-3-9(12)4-8/h6-9H,2-5H2,1H3,(H,13,16). The highest BCUT2D eigenvalue weighted by Gasteiger charge is 2.23. The average Bonchev–Trinajstić information content (AvgIpc) is 2.84. The maximum atomic E-state index is 11.7. The largest absolute Gasteiger partial charge is 0.350 e. The van der Waals surface area contributed by atoms with Crippen LogP contribution < -0.4 is 5.32 Å². The summed E-state index contributed by atoms with van der Waals surface area (Å²) in [5.41, 5.74) is 0.475. The van der Waals surface area contributed by atoms with E-state index < -0.39 is 0 Å². The van der Waals surface area contributed by atoms with E-state index in [9.17, 15) is 4.79 Å². The lowest BCUT2D eigenvalue weighted by atomic mass is 10.1. The van der Waals surface area contributed by atoms with Crippen LogP contribution in [0.2, 0.25) is 0 Å². The summed E-state index contributed by atoms with van der Waals surface area (Å²) in [5.74, 6) is 0.425. The molecular formula is C11H16ClN3O. The fourth-order valence-corrected chi connectivity index (χ4v) is 2.43. The number of aromatic nitrogens is 2. The first kappa shape index (κ1) is 11.5. The number of aryl methyl sites for hydroxylation is 1. The number of hydrogen-bond acceptors (Lipinski definition) is 2. The lowest BCUT2D eigenvalue weighted by Gasteiger charge is -2.09. The van der Waals surface area contributed by atoms with Gasteiger partial charge in [-0.2, -0.15) is 0 Å². The van der Waals surface area contributed by atoms with Crippen LogP contribution in [0.25, 0.3) is 0 Å². The Labute approximate surface area is 100.0 Å². The number of hydrogen-bond donors (Lipinski definition) is 1. The highest BCUT2D eigenvalue weighted by molar-refractivity contribution is 6.20. The highest BCUT2D eigenvalue weighted by atomic mass is 35.5. The zero-order valence-electron chi connectivity index (χ0n) is 9.32. The molecule has 88 valence electrons. The van der Waals surface area contributed by atoms with Crippen LogP contribution in [0.15, 0.2) is 12.5 Å². The van der Waals surface area contributed by atoms with Crippen LogP contribution in [0, 0.1) is 5.92 Å². The molecule has 2 atom stereocenters. The van der Waals surface area contributed by atoms with Crippen LogP contribution in [0.3, 0.4) is 0 Å². The second-order valence-electron chi connectivity index (χ2n) is 4.41. The first-order valence-corrected chi connectivity index (χ1v) is 5.99. The number of imidazole rings is 1. The van der Waals surface area contributed by atoms with Crippen molar-refractivity contribution in [2.45, 2.75) is 24.6 Å². The molecule has 1 fully saturated rings. The number of rotatable bonds is 3. The number of carbonyl (C=O) groups is 1. The van der Waals surface area contributed by atoms with Gasteiger partial charge >= 0.3 is 0 Å². The third-order valence-electron chi connectivity index (χ3n) is 2.97. The number of alkyl halides is 1. The Hall–Kier alpha value is -1.03. The lowest BCUT2D eigenvalue weighted by Crippen LogP contribution is -2.28. The Bertz CT molecular complexity index is 377. The van der Waals surface area contributed by atoms with Crippen molar-refractivity contribution in [2.24, 2.45) is 13.0 Å². The van der Waals surface area contributed by atoms with E-state index >= 15 is 0 Å². The van der Waals surface area contributed by atoms with E-state index in [1.165, 1.54) is 0 Å². The molecule has 1 aliphatic carbocycles. The molecule has 1 aromatic rings. The van der Waals surface area contributed by atoms with Gasteiger partial charge in [0.05, 0.1) is 6.33 Å². The topological polar surface area (TPSA) is 46.9 Å². The minimum absolute atomic E-state index is 0.0985. The molecule has 1 N–H and O–H groups in total. The smallest absolute Gasteiger partial charge is 0.271 e. The van der Waals surface area contributed by atoms with E-state index in [4.69, 9.17) is 11.6 Å². The zero-order valence-corrected chi connectivity index (χ0v) is 10.1. The Morgan fingerprint density at radius 1 is 1.69 bits per heavy atom. The van der Waals surface area contributed by atoms with Crippen molar-refractivity contribution in [1.29, 1.82) is 0 Å². The molecule has 2 unspecified atom stereocenters. The number of amides is 1. The highest BCUT2D eigenvalue weighted by Crippen LogP contribution is 2.28. The van der Waals surface area contributed by atoms with Gasteiger partial charge in [0.1, 0.15) is 5.69 Å². The Kier molecular flexibility index (Phi) is 3.49. The summed E-state index contributed by atoms with van der Waals surface area (Å²) in [7, 11) is 1.85. The Morgan fingerprint density at radius 3 is 3.06 bits per heavy atom. The van der Waals surface area contributed by atoms with Gasteiger partial charge in [0, 0.05) is 25.2 Å². The fraction of sp³-hybridized carbons (Fsp3) is 0.636. The van der Waals surface area contributed by atoms with Crippen LogP contribution in [0.4, 0.5) is 0 Å². The van der Waals surface area contributed by atoms with Crippen molar-refractivity contribution in [3.63, 3.8) is 0 Å². The minimum Gasteiger partial charge on any atom is -0.350 e. The summed E-state index contributed by atoms with van der Waals surface area (Å²) in [6.45, 7) is 0.707. The molecule has 16 heavy (non-hydrogen) atoms. The number of halogens is 1. The van der Waals surface area contributed by atoms with Gasteiger partial charge in [-0.3, -0.25) is 4.79 Å². The summed E-state index contributed by atoms with van der Waals surface area (Å²) >= 11 is 6.01. The maximum Gasteiger partial charge on any atom is 0.271 e. The molecule has 0 spiro atoms. The molecule has 4 nitrogen and oxygen atoms in total. The van der Waals surface area contributed by atoms with Crippen LogP contribution in [-0.4, -0.2) is 27.4 Å². The van der Waals surface area contributed by atoms with E-state index in [1.807, 2.05) is 7.05 Å². The van der Waals surface area contributed by atoms with E-state index in [2.05, 4.69) is 10.3 Å². The third kappa shape index (κ3) is 2.76. The van der Waals surface area contributed by atoms with E-state index in [-0.39, 0.29) is 11.3 Å². The summed E-state index contributed by atoms with van der Waals surface area (Å²) in [6.07, 6.45) is 6.51. The van der Waals surface area contributed by atoms with Gasteiger partial charge in [-0.1, -0.05) is 0 Å². The van der Waals surface area contributed by atoms with Gasteiger partial charge in [-0.05, 0) is 25.2 Å². The predicted octanol–water partition coefficient (Wildman–Crippen LogP) is 1.56. The van der Waals surface area contributed by atoms with Crippen molar-refractivity contribution in [1.82, 2.24) is 14.9 Å². The van der Waals surface area contributed by atoms with E-state index in [0.717, 1.165) is 19.3 Å². The zero-order chi connectivity index (χ0) is 11.5. The minimum atomic E-state index is -0.0985. The van der Waals surface area contributed by atoms with Crippen LogP contribution in [0.1, 0.15) is 29.8 Å². The van der Waals surface area contributed by atoms with Crippen molar-refractivity contribution < 1.29 is 4.79 Å². The van der Waals surface area contributed by atoms with Crippen molar-refractivity contribution in [3.8, 4) is 0 Å². The lowest BCUT2D eigenvalue weighted by molar-refractivity contribution is 0.0943. The van der Waals surface area contributed by atoms with E-state index in [1.54, 1.807) is 17.1 Å². The first-order valence-electron chi connectivity index (χ1n) is 5.55. The molecular weight excluding hydrogens is 226 g/mol. The quantitative estimate of drug-likeness (QED) is 0.817. The molecule has 0 saturated heterocycles. The molecule has 0 bridgehead atoms. The SMILES string of the molecule is Cn1cnc(C(=O)NCC2CCC(Cl)C2)c1. The van der Waals surface area contributed by atoms with Crippen LogP contribution >= 0.6 is 11.6 Å². The number of nitrogens with one attached hydrogen (secondary N) is 1. The molecule has 1 saturated carbocycles. The second kappa shape index (κ2) is 4.87. The van der Waals surface area contributed by atoms with Gasteiger partial charge < -0.3 is 9.88 Å². The molecule has 1 heterocycles. The Balaban J connectivity index is 1.80. The molecule has 1 aliphatic rings. The molecule has 1 aromatic heterocycles. The first-order chi connectivity index (χ1) is 7.65. The van der Waals surface area contributed by atoms with Crippen LogP contribution in [-0.2, 0) is 7.05 Å². The molecule has 1 amide bonds. The van der Waals surface area contributed by atoms with Gasteiger partial charge in [0.25, 0.3) is 5.91 Å². The van der Waals surface area contributed by atoms with Gasteiger partial charge in [0.2, 0.25) is 0 Å². The Morgan fingerprint density at radius 2 is 2.50 bits per heavy atom. The fourth-order valence-electron chi connectivity index (χ4n) is 2.06. The summed E-state index contributed by atoms with van der Waals surface area (Å²) in [6, 6.07) is 0. The summed E-state index contributed by atoms with van der Waals surface area (Å²) < 4.78 is 1.76. The number of nitrogens with zero attached hydrogens (tertiary/aromatic N) is 2. The molecule has 5 heteroatoms. The molecule has 0 aliphatic heterocycles. The second-order valence-corrected chi connectivity index (χ2v) is 5.03. The van der Waals surface area contributed by atoms with E-state index in [0.29, 0.717) is 18.2 Å². The average molecular weight is 242 g/mol. The molecule has 0 aromatic carbocycles. The van der Waals surface area contributed by atoms with Crippen molar-refractivity contribution in [3.05, 3.63) is 18.2 Å². The van der Waals surface area contributed by atoms with Gasteiger partial charge in [-0.25, -0.2) is 4.98 Å². The predicted molar refractivity (Wildman–Crippen MR) is 62.5 cm³/mol. The summed E-state index contributed by atoms with van der Waals surface area (Å²) in [5, 5.41) is 3.19. The van der Waals surface area contributed by atoms with Crippen LogP contribution in [0.5, 0.6) is 0 Å². The van der Waals surface area contributed by atoms with Crippen molar-refractivity contribution in [2.75, 3.05) is 6.54 Å². The summed E-state index contributed by atoms with van der Waals surface area (Å²) in [4.78, 5) is 15.7. The van der Waals surface area contributed by atoms with Gasteiger partial charge in [0.15, 0.2) is 0 Å².